The molecule has 0 atom stereocenters. The first kappa shape index (κ1) is 18.0. The summed E-state index contributed by atoms with van der Waals surface area (Å²) in [5.74, 6) is 0.457. The minimum atomic E-state index is -0.259. The lowest BCUT2D eigenvalue weighted by Gasteiger charge is -2.31. The van der Waals surface area contributed by atoms with Crippen LogP contribution in [0.3, 0.4) is 0 Å². The van der Waals surface area contributed by atoms with Crippen LogP contribution < -0.4 is 10.1 Å². The summed E-state index contributed by atoms with van der Waals surface area (Å²) in [7, 11) is 1.57. The van der Waals surface area contributed by atoms with E-state index in [1.54, 1.807) is 30.2 Å². The molecule has 3 rings (SSSR count). The summed E-state index contributed by atoms with van der Waals surface area (Å²) in [5, 5.41) is 11.0. The zero-order valence-electron chi connectivity index (χ0n) is 15.2. The molecule has 0 spiro atoms. The van der Waals surface area contributed by atoms with Gasteiger partial charge in [0.05, 0.1) is 12.6 Å². The van der Waals surface area contributed by atoms with Crippen LogP contribution in [0.15, 0.2) is 18.2 Å². The Morgan fingerprint density at radius 1 is 1.19 bits per heavy atom. The molecule has 8 heteroatoms. The molecule has 2 heterocycles. The number of benzene rings is 1. The first-order valence-corrected chi connectivity index (χ1v) is 8.76. The Labute approximate surface area is 151 Å². The second kappa shape index (κ2) is 7.63. The maximum Gasteiger partial charge on any atom is 0.293 e. The fourth-order valence-corrected chi connectivity index (χ4v) is 3.02. The largest absolute Gasteiger partial charge is 0.497 e. The summed E-state index contributed by atoms with van der Waals surface area (Å²) >= 11 is 0. The normalized spacial score (nSPS) is 15.3. The van der Waals surface area contributed by atoms with Crippen LogP contribution in [0.1, 0.15) is 37.3 Å². The number of fused-ring (bicyclic) bond motifs is 1. The number of likely N-dealkylation sites (tertiary alicyclic amines) is 1. The maximum atomic E-state index is 12.7. The zero-order valence-corrected chi connectivity index (χ0v) is 15.2. The lowest BCUT2D eigenvalue weighted by Crippen LogP contribution is -2.44. The number of hydrogen-bond acceptors (Lipinski definition) is 6. The second-order valence-corrected chi connectivity index (χ2v) is 6.72. The number of carbonyl (C=O) groups is 2. The van der Waals surface area contributed by atoms with Gasteiger partial charge >= 0.3 is 0 Å². The third-order valence-corrected chi connectivity index (χ3v) is 4.44. The molecule has 138 valence electrons. The van der Waals surface area contributed by atoms with E-state index in [2.05, 4.69) is 20.5 Å². The molecule has 1 saturated heterocycles. The fourth-order valence-electron chi connectivity index (χ4n) is 3.02. The van der Waals surface area contributed by atoms with Crippen molar-refractivity contribution in [3.05, 3.63) is 24.0 Å². The molecule has 0 aliphatic carbocycles. The number of aromatic nitrogens is 3. The zero-order chi connectivity index (χ0) is 18.7. The van der Waals surface area contributed by atoms with Crippen LogP contribution >= 0.6 is 0 Å². The first-order chi connectivity index (χ1) is 12.5. The van der Waals surface area contributed by atoms with Crippen molar-refractivity contribution in [3.63, 3.8) is 0 Å². The van der Waals surface area contributed by atoms with Crippen molar-refractivity contribution in [3.8, 4) is 5.75 Å². The van der Waals surface area contributed by atoms with Gasteiger partial charge in [-0.25, -0.2) is 4.98 Å². The Hall–Kier alpha value is -2.77. The van der Waals surface area contributed by atoms with Crippen LogP contribution in [-0.2, 0) is 4.79 Å². The number of nitrogens with zero attached hydrogens (tertiary/aromatic N) is 4. The minimum Gasteiger partial charge on any atom is -0.497 e. The third-order valence-electron chi connectivity index (χ3n) is 4.44. The van der Waals surface area contributed by atoms with Crippen molar-refractivity contribution in [2.24, 2.45) is 5.92 Å². The van der Waals surface area contributed by atoms with Crippen LogP contribution in [0.5, 0.6) is 5.75 Å². The predicted octanol–water partition coefficient (Wildman–Crippen LogP) is 1.41. The molecule has 26 heavy (non-hydrogen) atoms. The van der Waals surface area contributed by atoms with Crippen molar-refractivity contribution in [2.45, 2.75) is 32.7 Å². The SMILES string of the molecule is COc1ccc2nnc(C(=O)N3CCC(C(=O)NC(C)C)CC3)nc2c1. The second-order valence-electron chi connectivity index (χ2n) is 6.72. The summed E-state index contributed by atoms with van der Waals surface area (Å²) in [6, 6.07) is 5.37. The minimum absolute atomic E-state index is 0.0543. The highest BCUT2D eigenvalue weighted by atomic mass is 16.5. The molecule has 0 saturated carbocycles. The van der Waals surface area contributed by atoms with Gasteiger partial charge in [-0.05, 0) is 38.8 Å². The van der Waals surface area contributed by atoms with Crippen molar-refractivity contribution < 1.29 is 14.3 Å². The standard InChI is InChI=1S/C18H23N5O3/c1-11(2)19-17(24)12-6-8-23(9-7-12)18(25)16-20-15-10-13(26-3)4-5-14(15)21-22-16/h4-5,10-12H,6-9H2,1-3H3,(H,19,24). The summed E-state index contributed by atoms with van der Waals surface area (Å²) in [6.45, 7) is 4.90. The van der Waals surface area contributed by atoms with Crippen molar-refractivity contribution in [2.75, 3.05) is 20.2 Å². The Balaban J connectivity index is 1.68. The number of hydrogen-bond donors (Lipinski definition) is 1. The molecular weight excluding hydrogens is 334 g/mol. The van der Waals surface area contributed by atoms with Crippen LogP contribution in [0.25, 0.3) is 11.0 Å². The molecule has 1 aliphatic heterocycles. The van der Waals surface area contributed by atoms with Crippen molar-refractivity contribution in [1.82, 2.24) is 25.4 Å². The Bertz CT molecular complexity index is 816. The van der Waals surface area contributed by atoms with E-state index in [0.29, 0.717) is 42.7 Å². The lowest BCUT2D eigenvalue weighted by atomic mass is 9.95. The van der Waals surface area contributed by atoms with E-state index >= 15 is 0 Å². The molecule has 8 nitrogen and oxygen atoms in total. The predicted molar refractivity (Wildman–Crippen MR) is 95.8 cm³/mol. The van der Waals surface area contributed by atoms with Crippen LogP contribution in [0, 0.1) is 5.92 Å². The van der Waals surface area contributed by atoms with Gasteiger partial charge in [0.15, 0.2) is 0 Å². The molecule has 1 aliphatic rings. The summed E-state index contributed by atoms with van der Waals surface area (Å²) in [5.41, 5.74) is 1.17. The van der Waals surface area contributed by atoms with E-state index in [1.807, 2.05) is 13.8 Å². The molecular formula is C18H23N5O3. The van der Waals surface area contributed by atoms with E-state index < -0.39 is 0 Å². The van der Waals surface area contributed by atoms with Crippen molar-refractivity contribution in [1.29, 1.82) is 0 Å². The molecule has 2 aromatic rings. The van der Waals surface area contributed by atoms with Gasteiger partial charge in [-0.3, -0.25) is 9.59 Å². The quantitative estimate of drug-likeness (QED) is 0.888. The number of carbonyl (C=O) groups excluding carboxylic acids is 2. The van der Waals surface area contributed by atoms with Crippen LogP contribution in [0.2, 0.25) is 0 Å². The number of nitrogens with one attached hydrogen (secondary N) is 1. The highest BCUT2D eigenvalue weighted by molar-refractivity contribution is 5.92. The highest BCUT2D eigenvalue weighted by Crippen LogP contribution is 2.20. The van der Waals surface area contributed by atoms with Crippen LogP contribution in [-0.4, -0.2) is 58.1 Å². The summed E-state index contributed by atoms with van der Waals surface area (Å²) < 4.78 is 5.18. The number of ether oxygens (including phenoxy) is 1. The van der Waals surface area contributed by atoms with Gasteiger partial charge in [-0.15, -0.1) is 10.2 Å². The van der Waals surface area contributed by atoms with Gasteiger partial charge in [-0.2, -0.15) is 0 Å². The Morgan fingerprint density at radius 2 is 1.92 bits per heavy atom. The monoisotopic (exact) mass is 357 g/mol. The first-order valence-electron chi connectivity index (χ1n) is 8.76. The van der Waals surface area contributed by atoms with E-state index in [4.69, 9.17) is 4.74 Å². The van der Waals surface area contributed by atoms with Crippen molar-refractivity contribution >= 4 is 22.8 Å². The van der Waals surface area contributed by atoms with Gasteiger partial charge in [0.2, 0.25) is 11.7 Å². The lowest BCUT2D eigenvalue weighted by molar-refractivity contribution is -0.126. The van der Waals surface area contributed by atoms with E-state index in [0.717, 1.165) is 0 Å². The fraction of sp³-hybridized carbons (Fsp3) is 0.500. The number of piperidine rings is 1. The highest BCUT2D eigenvalue weighted by Gasteiger charge is 2.29. The molecule has 0 bridgehead atoms. The third kappa shape index (κ3) is 3.89. The molecule has 0 radical (unpaired) electrons. The molecule has 1 aromatic heterocycles. The molecule has 0 unspecified atom stereocenters. The molecule has 1 aromatic carbocycles. The Morgan fingerprint density at radius 3 is 2.58 bits per heavy atom. The van der Waals surface area contributed by atoms with Gasteiger partial charge < -0.3 is 15.0 Å². The molecule has 1 N–H and O–H groups in total. The molecule has 1 fully saturated rings. The molecule has 2 amide bonds. The number of amides is 2. The number of rotatable bonds is 4. The van der Waals surface area contributed by atoms with E-state index in [-0.39, 0.29) is 29.6 Å². The van der Waals surface area contributed by atoms with Gasteiger partial charge in [-0.1, -0.05) is 0 Å². The average Bonchev–Trinajstić information content (AvgIpc) is 2.66. The topological polar surface area (TPSA) is 97.3 Å². The maximum absolute atomic E-state index is 12.7. The smallest absolute Gasteiger partial charge is 0.293 e. The van der Waals surface area contributed by atoms with Crippen LogP contribution in [0.4, 0.5) is 0 Å². The number of methoxy groups -OCH3 is 1. The van der Waals surface area contributed by atoms with Gasteiger partial charge in [0, 0.05) is 31.1 Å². The average molecular weight is 357 g/mol. The van der Waals surface area contributed by atoms with Gasteiger partial charge in [0.25, 0.3) is 5.91 Å². The summed E-state index contributed by atoms with van der Waals surface area (Å²) in [6.07, 6.45) is 1.28. The van der Waals surface area contributed by atoms with E-state index in [1.165, 1.54) is 0 Å². The van der Waals surface area contributed by atoms with Gasteiger partial charge in [0.1, 0.15) is 11.3 Å². The Kier molecular flexibility index (Phi) is 5.29. The van der Waals surface area contributed by atoms with E-state index in [9.17, 15) is 9.59 Å². The summed E-state index contributed by atoms with van der Waals surface area (Å²) in [4.78, 5) is 30.8.